The normalized spacial score (nSPS) is 11.3. The quantitative estimate of drug-likeness (QED) is 0.438. The number of benzene rings is 2. The summed E-state index contributed by atoms with van der Waals surface area (Å²) in [6, 6.07) is 12.1. The first kappa shape index (κ1) is 19.8. The summed E-state index contributed by atoms with van der Waals surface area (Å²) in [5.74, 6) is 0.101. The van der Waals surface area contributed by atoms with E-state index in [1.165, 1.54) is 20.3 Å². The van der Waals surface area contributed by atoms with Crippen molar-refractivity contribution in [1.82, 2.24) is 10.2 Å². The highest BCUT2D eigenvalue weighted by molar-refractivity contribution is 8.03. The summed E-state index contributed by atoms with van der Waals surface area (Å²) in [5.41, 5.74) is 1.13. The van der Waals surface area contributed by atoms with Crippen molar-refractivity contribution in [2.75, 3.05) is 14.2 Å². The Labute approximate surface area is 169 Å². The molecule has 144 valence electrons. The minimum absolute atomic E-state index is 0.00207. The molecular weight excluding hydrogens is 404 g/mol. The van der Waals surface area contributed by atoms with E-state index in [0.717, 1.165) is 11.8 Å². The lowest BCUT2D eigenvalue weighted by Gasteiger charge is -2.05. The van der Waals surface area contributed by atoms with E-state index < -0.39 is 5.97 Å². The van der Waals surface area contributed by atoms with Gasteiger partial charge in [0.1, 0.15) is 16.4 Å². The zero-order valence-corrected chi connectivity index (χ0v) is 16.5. The van der Waals surface area contributed by atoms with E-state index in [2.05, 4.69) is 10.2 Å². The van der Waals surface area contributed by atoms with Crippen molar-refractivity contribution in [1.29, 1.82) is 0 Å². The number of carbonyl (C=O) groups is 1. The maximum atomic E-state index is 11.7. The topological polar surface area (TPSA) is 94.7 Å². The Morgan fingerprint density at radius 3 is 2.61 bits per heavy atom. The minimum atomic E-state index is -1.13. The van der Waals surface area contributed by atoms with Crippen molar-refractivity contribution < 1.29 is 23.8 Å². The Bertz CT molecular complexity index is 1030. The van der Waals surface area contributed by atoms with E-state index in [0.29, 0.717) is 27.6 Å². The molecule has 0 saturated heterocycles. The second kappa shape index (κ2) is 8.81. The molecule has 0 saturated carbocycles. The summed E-state index contributed by atoms with van der Waals surface area (Å²) >= 11 is 6.86. The summed E-state index contributed by atoms with van der Waals surface area (Å²) in [6.07, 6.45) is 1.48. The van der Waals surface area contributed by atoms with Gasteiger partial charge in [0.15, 0.2) is 0 Å². The number of halogens is 1. The first-order valence-electron chi connectivity index (χ1n) is 7.95. The molecule has 0 aliphatic carbocycles. The Hall–Kier alpha value is -2.97. The minimum Gasteiger partial charge on any atom is -0.496 e. The van der Waals surface area contributed by atoms with Gasteiger partial charge in [0, 0.05) is 10.6 Å². The molecular formula is C19H15ClN2O5S. The molecule has 3 aromatic rings. The van der Waals surface area contributed by atoms with Gasteiger partial charge >= 0.3 is 5.97 Å². The summed E-state index contributed by atoms with van der Waals surface area (Å²) in [5, 5.41) is 18.0. The monoisotopic (exact) mass is 418 g/mol. The zero-order chi connectivity index (χ0) is 20.1. The van der Waals surface area contributed by atoms with Crippen LogP contribution < -0.4 is 9.47 Å². The number of carboxylic acid groups (broad SMARTS) is 1. The molecule has 0 atom stereocenters. The summed E-state index contributed by atoms with van der Waals surface area (Å²) in [4.78, 5) is 11.7. The molecule has 0 amide bonds. The highest BCUT2D eigenvalue weighted by Gasteiger charge is 2.18. The fourth-order valence-corrected chi connectivity index (χ4v) is 3.20. The van der Waals surface area contributed by atoms with Crippen LogP contribution in [0.15, 0.2) is 57.0 Å². The third kappa shape index (κ3) is 4.47. The molecule has 0 unspecified atom stereocenters. The molecule has 9 heteroatoms. The SMILES string of the molecule is COc1ccccc1/C=C(\Sc1nnc(-c2cc(Cl)ccc2OC)o1)C(=O)O. The number of methoxy groups -OCH3 is 2. The second-order valence-corrected chi connectivity index (χ2v) is 6.81. The van der Waals surface area contributed by atoms with Gasteiger partial charge in [-0.15, -0.1) is 10.2 Å². The maximum Gasteiger partial charge on any atom is 0.342 e. The molecule has 0 radical (unpaired) electrons. The van der Waals surface area contributed by atoms with Crippen LogP contribution in [0.3, 0.4) is 0 Å². The van der Waals surface area contributed by atoms with Gasteiger partial charge < -0.3 is 19.0 Å². The predicted octanol–water partition coefficient (Wildman–Crippen LogP) is 4.63. The van der Waals surface area contributed by atoms with Gasteiger partial charge in [-0.1, -0.05) is 29.8 Å². The number of hydrogen-bond acceptors (Lipinski definition) is 7. The van der Waals surface area contributed by atoms with Crippen LogP contribution in [0.25, 0.3) is 17.5 Å². The molecule has 1 N–H and O–H groups in total. The van der Waals surface area contributed by atoms with E-state index in [9.17, 15) is 9.90 Å². The van der Waals surface area contributed by atoms with Crippen LogP contribution in [0.2, 0.25) is 5.02 Å². The highest BCUT2D eigenvalue weighted by atomic mass is 35.5. The Morgan fingerprint density at radius 1 is 1.14 bits per heavy atom. The number of aromatic nitrogens is 2. The number of hydrogen-bond donors (Lipinski definition) is 1. The third-order valence-corrected chi connectivity index (χ3v) is 4.72. The van der Waals surface area contributed by atoms with E-state index in [4.69, 9.17) is 25.5 Å². The van der Waals surface area contributed by atoms with Gasteiger partial charge in [-0.25, -0.2) is 4.79 Å². The number of aliphatic carboxylic acids is 1. The molecule has 2 aromatic carbocycles. The van der Waals surface area contributed by atoms with Gasteiger partial charge in [0.25, 0.3) is 11.1 Å². The molecule has 0 fully saturated rings. The van der Waals surface area contributed by atoms with Gasteiger partial charge in [-0.2, -0.15) is 0 Å². The first-order chi connectivity index (χ1) is 13.5. The average Bonchev–Trinajstić information content (AvgIpc) is 3.16. The third-order valence-electron chi connectivity index (χ3n) is 3.63. The lowest BCUT2D eigenvalue weighted by Crippen LogP contribution is -1.97. The molecule has 7 nitrogen and oxygen atoms in total. The number of nitrogens with zero attached hydrogens (tertiary/aromatic N) is 2. The molecule has 0 aliphatic rings. The standard InChI is InChI=1S/C19H15ClN2O5S/c1-25-14-6-4-3-5-11(14)9-16(18(23)24)28-19-22-21-17(27-19)13-10-12(20)7-8-15(13)26-2/h3-10H,1-2H3,(H,23,24)/b16-9-. The summed E-state index contributed by atoms with van der Waals surface area (Å²) in [7, 11) is 3.03. The lowest BCUT2D eigenvalue weighted by molar-refractivity contribution is -0.131. The molecule has 0 aliphatic heterocycles. The zero-order valence-electron chi connectivity index (χ0n) is 14.9. The molecule has 28 heavy (non-hydrogen) atoms. The number of rotatable bonds is 7. The highest BCUT2D eigenvalue weighted by Crippen LogP contribution is 2.35. The average molecular weight is 419 g/mol. The molecule has 0 spiro atoms. The Balaban J connectivity index is 1.91. The van der Waals surface area contributed by atoms with Crippen LogP contribution in [0.4, 0.5) is 0 Å². The molecule has 1 aromatic heterocycles. The summed E-state index contributed by atoms with van der Waals surface area (Å²) in [6.45, 7) is 0. The van der Waals surface area contributed by atoms with E-state index in [-0.39, 0.29) is 16.0 Å². The van der Waals surface area contributed by atoms with Gasteiger partial charge in [-0.05, 0) is 42.1 Å². The van der Waals surface area contributed by atoms with Crippen molar-refractivity contribution in [3.63, 3.8) is 0 Å². The van der Waals surface area contributed by atoms with Crippen LogP contribution in [-0.2, 0) is 4.79 Å². The number of carboxylic acids is 1. The van der Waals surface area contributed by atoms with Gasteiger partial charge in [0.05, 0.1) is 19.8 Å². The van der Waals surface area contributed by atoms with Crippen molar-refractivity contribution >= 4 is 35.4 Å². The lowest BCUT2D eigenvalue weighted by atomic mass is 10.2. The Kier molecular flexibility index (Phi) is 6.23. The van der Waals surface area contributed by atoms with Crippen molar-refractivity contribution in [3.05, 3.63) is 58.0 Å². The van der Waals surface area contributed by atoms with Gasteiger partial charge in [-0.3, -0.25) is 0 Å². The fourth-order valence-electron chi connectivity index (χ4n) is 2.36. The fraction of sp³-hybridized carbons (Fsp3) is 0.105. The predicted molar refractivity (Wildman–Crippen MR) is 106 cm³/mol. The largest absolute Gasteiger partial charge is 0.496 e. The van der Waals surface area contributed by atoms with E-state index in [1.807, 2.05) is 0 Å². The maximum absolute atomic E-state index is 11.7. The van der Waals surface area contributed by atoms with Crippen LogP contribution in [0.5, 0.6) is 11.5 Å². The van der Waals surface area contributed by atoms with Crippen molar-refractivity contribution in [2.24, 2.45) is 0 Å². The van der Waals surface area contributed by atoms with Crippen molar-refractivity contribution in [2.45, 2.75) is 5.22 Å². The van der Waals surface area contributed by atoms with E-state index in [1.54, 1.807) is 42.5 Å². The van der Waals surface area contributed by atoms with Crippen molar-refractivity contribution in [3.8, 4) is 23.0 Å². The van der Waals surface area contributed by atoms with Crippen LogP contribution in [-0.4, -0.2) is 35.5 Å². The summed E-state index contributed by atoms with van der Waals surface area (Å²) < 4.78 is 16.1. The van der Waals surface area contributed by atoms with Crippen LogP contribution in [0, 0.1) is 0 Å². The number of thioether (sulfide) groups is 1. The molecule has 3 rings (SSSR count). The van der Waals surface area contributed by atoms with Crippen LogP contribution >= 0.6 is 23.4 Å². The Morgan fingerprint density at radius 2 is 1.89 bits per heavy atom. The second-order valence-electron chi connectivity index (χ2n) is 5.38. The van der Waals surface area contributed by atoms with Gasteiger partial charge in [0.2, 0.25) is 0 Å². The van der Waals surface area contributed by atoms with E-state index >= 15 is 0 Å². The number of para-hydroxylation sites is 1. The smallest absolute Gasteiger partial charge is 0.342 e. The van der Waals surface area contributed by atoms with Crippen LogP contribution in [0.1, 0.15) is 5.56 Å². The molecule has 1 heterocycles. The molecule has 0 bridgehead atoms. The first-order valence-corrected chi connectivity index (χ1v) is 9.14. The number of ether oxygens (including phenoxy) is 2.